The summed E-state index contributed by atoms with van der Waals surface area (Å²) < 4.78 is 7.33. The van der Waals surface area contributed by atoms with E-state index in [-0.39, 0.29) is 12.5 Å². The van der Waals surface area contributed by atoms with Crippen molar-refractivity contribution < 1.29 is 14.3 Å². The number of carbonyl (C=O) groups is 2. The highest BCUT2D eigenvalue weighted by Crippen LogP contribution is 2.13. The Morgan fingerprint density at radius 3 is 2.71 bits per heavy atom. The Morgan fingerprint density at radius 1 is 1.47 bits per heavy atom. The summed E-state index contributed by atoms with van der Waals surface area (Å²) in [6, 6.07) is 1.66. The summed E-state index contributed by atoms with van der Waals surface area (Å²) in [7, 11) is 1.74. The second-order valence-electron chi connectivity index (χ2n) is 3.29. The van der Waals surface area contributed by atoms with Gasteiger partial charge in [-0.3, -0.25) is 20.4 Å². The van der Waals surface area contributed by atoms with E-state index in [1.165, 1.54) is 0 Å². The number of hydrogen-bond donors (Lipinski definition) is 2. The van der Waals surface area contributed by atoms with Crippen molar-refractivity contribution in [1.82, 2.24) is 15.4 Å². The monoisotopic (exact) mass is 303 g/mol. The molecule has 0 bridgehead atoms. The van der Waals surface area contributed by atoms with E-state index in [4.69, 9.17) is 4.74 Å². The number of carbonyl (C=O) groups excluding carboxylic acids is 2. The maximum Gasteiger partial charge on any atom is 0.286 e. The topological polar surface area (TPSA) is 72.4 Å². The van der Waals surface area contributed by atoms with Crippen LogP contribution in [-0.2, 0) is 16.6 Å². The average Bonchev–Trinajstić information content (AvgIpc) is 2.62. The standard InChI is InChI=1S/C10H14BrN3O3/c1-3-17-6-9(15)12-13-10(16)8-4-7(11)5-14(8)2/h4-5H,3,6H2,1-2H3,(H,12,15)(H,13,16). The van der Waals surface area contributed by atoms with Crippen molar-refractivity contribution in [2.45, 2.75) is 6.92 Å². The van der Waals surface area contributed by atoms with E-state index in [0.29, 0.717) is 12.3 Å². The predicted octanol–water partition coefficient (Wildman–Crippen LogP) is 0.585. The van der Waals surface area contributed by atoms with E-state index in [2.05, 4.69) is 26.8 Å². The van der Waals surface area contributed by atoms with Crippen molar-refractivity contribution >= 4 is 27.7 Å². The Bertz CT molecular complexity index is 417. The molecule has 94 valence electrons. The second kappa shape index (κ2) is 6.41. The van der Waals surface area contributed by atoms with Gasteiger partial charge in [0.15, 0.2) is 0 Å². The molecule has 1 aromatic rings. The van der Waals surface area contributed by atoms with Crippen LogP contribution in [0.2, 0.25) is 0 Å². The first-order valence-electron chi connectivity index (χ1n) is 5.03. The minimum absolute atomic E-state index is 0.0758. The molecule has 0 aromatic carbocycles. The largest absolute Gasteiger partial charge is 0.372 e. The van der Waals surface area contributed by atoms with Crippen molar-refractivity contribution in [3.63, 3.8) is 0 Å². The Kier molecular flexibility index (Phi) is 5.17. The SMILES string of the molecule is CCOCC(=O)NNC(=O)c1cc(Br)cn1C. The first kappa shape index (κ1) is 13.7. The molecule has 0 atom stereocenters. The number of nitrogens with one attached hydrogen (secondary N) is 2. The third-order valence-corrected chi connectivity index (χ3v) is 2.39. The first-order chi connectivity index (χ1) is 8.04. The summed E-state index contributed by atoms with van der Waals surface area (Å²) in [4.78, 5) is 22.8. The highest BCUT2D eigenvalue weighted by Gasteiger charge is 2.11. The van der Waals surface area contributed by atoms with Gasteiger partial charge in [0.1, 0.15) is 12.3 Å². The van der Waals surface area contributed by atoms with Gasteiger partial charge in [0, 0.05) is 24.3 Å². The fourth-order valence-electron chi connectivity index (χ4n) is 1.17. The molecule has 1 aromatic heterocycles. The molecule has 0 saturated carbocycles. The maximum absolute atomic E-state index is 11.6. The normalized spacial score (nSPS) is 10.1. The summed E-state index contributed by atoms with van der Waals surface area (Å²) in [5.74, 6) is -0.781. The van der Waals surface area contributed by atoms with Gasteiger partial charge in [0.2, 0.25) is 0 Å². The highest BCUT2D eigenvalue weighted by atomic mass is 79.9. The van der Waals surface area contributed by atoms with Gasteiger partial charge in [-0.05, 0) is 28.9 Å². The molecule has 0 spiro atoms. The molecule has 0 aliphatic carbocycles. The number of nitrogens with zero attached hydrogens (tertiary/aromatic N) is 1. The van der Waals surface area contributed by atoms with Crippen molar-refractivity contribution in [3.05, 3.63) is 22.4 Å². The Hall–Kier alpha value is -1.34. The smallest absolute Gasteiger partial charge is 0.286 e. The predicted molar refractivity (Wildman–Crippen MR) is 65.2 cm³/mol. The molecule has 7 heteroatoms. The zero-order valence-electron chi connectivity index (χ0n) is 9.62. The number of aromatic nitrogens is 1. The number of halogens is 1. The van der Waals surface area contributed by atoms with Crippen molar-refractivity contribution in [2.75, 3.05) is 13.2 Å². The lowest BCUT2D eigenvalue weighted by Gasteiger charge is -2.07. The maximum atomic E-state index is 11.6. The van der Waals surface area contributed by atoms with Gasteiger partial charge in [-0.15, -0.1) is 0 Å². The van der Waals surface area contributed by atoms with Gasteiger partial charge in [0.05, 0.1) is 0 Å². The fourth-order valence-corrected chi connectivity index (χ4v) is 1.70. The number of rotatable bonds is 4. The highest BCUT2D eigenvalue weighted by molar-refractivity contribution is 9.10. The number of amides is 2. The van der Waals surface area contributed by atoms with Crippen LogP contribution in [0, 0.1) is 0 Å². The lowest BCUT2D eigenvalue weighted by molar-refractivity contribution is -0.126. The van der Waals surface area contributed by atoms with Crippen molar-refractivity contribution in [2.24, 2.45) is 7.05 Å². The zero-order valence-corrected chi connectivity index (χ0v) is 11.2. The fraction of sp³-hybridized carbons (Fsp3) is 0.400. The lowest BCUT2D eigenvalue weighted by atomic mass is 10.4. The molecular formula is C10H14BrN3O3. The van der Waals surface area contributed by atoms with Gasteiger partial charge in [-0.2, -0.15) is 0 Å². The molecule has 1 heterocycles. The molecular weight excluding hydrogens is 290 g/mol. The Morgan fingerprint density at radius 2 is 2.18 bits per heavy atom. The number of aryl methyl sites for hydroxylation is 1. The molecule has 0 aliphatic rings. The van der Waals surface area contributed by atoms with E-state index in [1.54, 1.807) is 30.8 Å². The number of hydrazine groups is 1. The van der Waals surface area contributed by atoms with Crippen LogP contribution >= 0.6 is 15.9 Å². The van der Waals surface area contributed by atoms with Crippen molar-refractivity contribution in [3.8, 4) is 0 Å². The minimum atomic E-state index is -0.395. The molecule has 0 unspecified atom stereocenters. The third-order valence-electron chi connectivity index (χ3n) is 1.96. The van der Waals surface area contributed by atoms with Crippen LogP contribution < -0.4 is 10.9 Å². The molecule has 17 heavy (non-hydrogen) atoms. The van der Waals surface area contributed by atoms with E-state index < -0.39 is 5.91 Å². The van der Waals surface area contributed by atoms with Gasteiger partial charge in [0.25, 0.3) is 11.8 Å². The van der Waals surface area contributed by atoms with E-state index >= 15 is 0 Å². The summed E-state index contributed by atoms with van der Waals surface area (Å²) in [6.45, 7) is 2.16. The van der Waals surface area contributed by atoms with Crippen molar-refractivity contribution in [1.29, 1.82) is 0 Å². The van der Waals surface area contributed by atoms with Crippen LogP contribution in [0.15, 0.2) is 16.7 Å². The molecule has 2 amide bonds. The van der Waals surface area contributed by atoms with Gasteiger partial charge < -0.3 is 9.30 Å². The molecule has 0 fully saturated rings. The third kappa shape index (κ3) is 4.20. The quantitative estimate of drug-likeness (QED) is 0.800. The molecule has 6 nitrogen and oxygen atoms in total. The van der Waals surface area contributed by atoms with Crippen LogP contribution in [-0.4, -0.2) is 29.6 Å². The van der Waals surface area contributed by atoms with Crippen LogP contribution in [0.4, 0.5) is 0 Å². The first-order valence-corrected chi connectivity index (χ1v) is 5.82. The van der Waals surface area contributed by atoms with Gasteiger partial charge >= 0.3 is 0 Å². The van der Waals surface area contributed by atoms with Crippen LogP contribution in [0.25, 0.3) is 0 Å². The summed E-state index contributed by atoms with van der Waals surface area (Å²) in [5, 5.41) is 0. The van der Waals surface area contributed by atoms with Gasteiger partial charge in [-0.1, -0.05) is 0 Å². The number of ether oxygens (including phenoxy) is 1. The molecule has 2 N–H and O–H groups in total. The number of hydrogen-bond acceptors (Lipinski definition) is 3. The van der Waals surface area contributed by atoms with E-state index in [9.17, 15) is 9.59 Å². The zero-order chi connectivity index (χ0) is 12.8. The molecule has 1 rings (SSSR count). The van der Waals surface area contributed by atoms with Crippen LogP contribution in [0.1, 0.15) is 17.4 Å². The Balaban J connectivity index is 2.45. The lowest BCUT2D eigenvalue weighted by Crippen LogP contribution is -2.43. The van der Waals surface area contributed by atoms with Gasteiger partial charge in [-0.25, -0.2) is 0 Å². The summed E-state index contributed by atoms with van der Waals surface area (Å²) >= 11 is 3.26. The average molecular weight is 304 g/mol. The summed E-state index contributed by atoms with van der Waals surface area (Å²) in [5.41, 5.74) is 5.00. The van der Waals surface area contributed by atoms with Crippen LogP contribution in [0.5, 0.6) is 0 Å². The molecule has 0 saturated heterocycles. The minimum Gasteiger partial charge on any atom is -0.372 e. The Labute approximate surface area is 107 Å². The molecule has 0 radical (unpaired) electrons. The molecule has 0 aliphatic heterocycles. The van der Waals surface area contributed by atoms with E-state index in [0.717, 1.165) is 4.47 Å². The van der Waals surface area contributed by atoms with E-state index in [1.807, 2.05) is 0 Å². The van der Waals surface area contributed by atoms with Crippen LogP contribution in [0.3, 0.4) is 0 Å². The second-order valence-corrected chi connectivity index (χ2v) is 4.21. The summed E-state index contributed by atoms with van der Waals surface area (Å²) in [6.07, 6.45) is 1.75.